The average molecular weight is 85.1 g/mol. The highest BCUT2D eigenvalue weighted by molar-refractivity contribution is 5.01. The number of rotatable bonds is 0. The van der Waals surface area contributed by atoms with Gasteiger partial charge in [0, 0.05) is 0 Å². The average Bonchev–Trinajstić information content (AvgIpc) is 2.19. The van der Waals surface area contributed by atoms with E-state index in [0.29, 0.717) is 6.42 Å². The second-order valence-corrected chi connectivity index (χ2v) is 1.49. The number of nitrogens with zero attached hydrogens (tertiary/aromatic N) is 1. The van der Waals surface area contributed by atoms with Crippen LogP contribution in [0.3, 0.4) is 0 Å². The van der Waals surface area contributed by atoms with Crippen molar-refractivity contribution in [1.29, 1.82) is 5.26 Å². The summed E-state index contributed by atoms with van der Waals surface area (Å²) in [7, 11) is 0. The summed E-state index contributed by atoms with van der Waals surface area (Å²) in [6, 6.07) is 1.81. The molecule has 1 saturated carbocycles. The van der Waals surface area contributed by atoms with Crippen molar-refractivity contribution in [2.45, 2.75) is 12.6 Å². The van der Waals surface area contributed by atoms with Gasteiger partial charge in [0.05, 0.1) is 12.0 Å². The molecular weight excluding hydrogens is 81.0 g/mol. The van der Waals surface area contributed by atoms with Gasteiger partial charge in [-0.25, -0.2) is 4.39 Å². The maximum Gasteiger partial charge on any atom is 0.117 e. The van der Waals surface area contributed by atoms with Crippen molar-refractivity contribution in [3.63, 3.8) is 0 Å². The Labute approximate surface area is 35.4 Å². The van der Waals surface area contributed by atoms with E-state index in [0.717, 1.165) is 0 Å². The van der Waals surface area contributed by atoms with Gasteiger partial charge in [-0.1, -0.05) is 0 Å². The Hall–Kier alpha value is -0.580. The number of alkyl halides is 1. The van der Waals surface area contributed by atoms with Gasteiger partial charge in [-0.15, -0.1) is 0 Å². The van der Waals surface area contributed by atoms with Crippen LogP contribution in [0.5, 0.6) is 0 Å². The van der Waals surface area contributed by atoms with Crippen LogP contribution in [0.4, 0.5) is 4.39 Å². The third-order valence-corrected chi connectivity index (χ3v) is 0.878. The van der Waals surface area contributed by atoms with E-state index in [1.165, 1.54) is 0 Å². The summed E-state index contributed by atoms with van der Waals surface area (Å²) < 4.78 is 11.6. The molecule has 32 valence electrons. The van der Waals surface area contributed by atoms with E-state index in [4.69, 9.17) is 5.26 Å². The molecule has 0 aromatic carbocycles. The minimum atomic E-state index is -0.796. The van der Waals surface area contributed by atoms with Crippen molar-refractivity contribution in [2.24, 2.45) is 5.92 Å². The second-order valence-electron chi connectivity index (χ2n) is 1.49. The summed E-state index contributed by atoms with van der Waals surface area (Å²) in [5, 5.41) is 7.89. The molecule has 2 atom stereocenters. The fraction of sp³-hybridized carbons (Fsp3) is 0.750. The zero-order valence-electron chi connectivity index (χ0n) is 3.19. The molecule has 1 nitrogen and oxygen atoms in total. The van der Waals surface area contributed by atoms with Crippen LogP contribution in [-0.2, 0) is 0 Å². The van der Waals surface area contributed by atoms with Gasteiger partial charge in [0.1, 0.15) is 6.17 Å². The lowest BCUT2D eigenvalue weighted by atomic mass is 10.5. The molecule has 0 aliphatic heterocycles. The smallest absolute Gasteiger partial charge is 0.117 e. The van der Waals surface area contributed by atoms with Crippen LogP contribution in [0, 0.1) is 17.2 Å². The molecule has 0 bridgehead atoms. The fourth-order valence-electron chi connectivity index (χ4n) is 0.298. The lowest BCUT2D eigenvalue weighted by Gasteiger charge is -1.61. The molecule has 0 saturated heterocycles. The highest BCUT2D eigenvalue weighted by atomic mass is 19.1. The highest BCUT2D eigenvalue weighted by Crippen LogP contribution is 2.32. The van der Waals surface area contributed by atoms with Crippen LogP contribution in [0.25, 0.3) is 0 Å². The van der Waals surface area contributed by atoms with Crippen molar-refractivity contribution < 1.29 is 4.39 Å². The maximum atomic E-state index is 11.6. The predicted molar refractivity (Wildman–Crippen MR) is 18.6 cm³/mol. The molecule has 0 heterocycles. The molecular formula is C4H4FN. The highest BCUT2D eigenvalue weighted by Gasteiger charge is 2.37. The van der Waals surface area contributed by atoms with E-state index in [-0.39, 0.29) is 5.92 Å². The van der Waals surface area contributed by atoms with Gasteiger partial charge < -0.3 is 0 Å². The van der Waals surface area contributed by atoms with Gasteiger partial charge in [0.2, 0.25) is 0 Å². The van der Waals surface area contributed by atoms with Gasteiger partial charge in [-0.2, -0.15) is 5.26 Å². The van der Waals surface area contributed by atoms with Crippen molar-refractivity contribution >= 4 is 0 Å². The van der Waals surface area contributed by atoms with Crippen molar-refractivity contribution in [1.82, 2.24) is 0 Å². The Morgan fingerprint density at radius 2 is 2.33 bits per heavy atom. The number of hydrogen-bond donors (Lipinski definition) is 0. The third-order valence-electron chi connectivity index (χ3n) is 0.878. The zero-order valence-corrected chi connectivity index (χ0v) is 3.19. The molecule has 1 fully saturated rings. The molecule has 6 heavy (non-hydrogen) atoms. The van der Waals surface area contributed by atoms with E-state index >= 15 is 0 Å². The molecule has 0 spiro atoms. The molecule has 0 aromatic rings. The van der Waals surface area contributed by atoms with Crippen LogP contribution < -0.4 is 0 Å². The van der Waals surface area contributed by atoms with E-state index in [2.05, 4.69) is 0 Å². The van der Waals surface area contributed by atoms with E-state index < -0.39 is 6.17 Å². The quantitative estimate of drug-likeness (QED) is 0.428. The molecule has 0 unspecified atom stereocenters. The maximum absolute atomic E-state index is 11.6. The first-order valence-corrected chi connectivity index (χ1v) is 1.88. The first-order valence-electron chi connectivity index (χ1n) is 1.88. The first kappa shape index (κ1) is 3.60. The lowest BCUT2D eigenvalue weighted by Crippen LogP contribution is -1.68. The number of hydrogen-bond acceptors (Lipinski definition) is 1. The van der Waals surface area contributed by atoms with E-state index in [9.17, 15) is 4.39 Å². The van der Waals surface area contributed by atoms with Gasteiger partial charge in [-0.3, -0.25) is 0 Å². The van der Waals surface area contributed by atoms with Crippen molar-refractivity contribution in [2.75, 3.05) is 0 Å². The Balaban J connectivity index is 2.31. The van der Waals surface area contributed by atoms with Gasteiger partial charge in [0.15, 0.2) is 0 Å². The second kappa shape index (κ2) is 0.939. The van der Waals surface area contributed by atoms with Crippen molar-refractivity contribution in [3.8, 4) is 6.07 Å². The number of nitriles is 1. The fourth-order valence-corrected chi connectivity index (χ4v) is 0.298. The molecule has 2 heteroatoms. The van der Waals surface area contributed by atoms with Gasteiger partial charge >= 0.3 is 0 Å². The Kier molecular flexibility index (Phi) is 0.564. The van der Waals surface area contributed by atoms with E-state index in [1.807, 2.05) is 6.07 Å². The molecule has 0 radical (unpaired) electrons. The molecule has 1 aliphatic rings. The van der Waals surface area contributed by atoms with Crippen molar-refractivity contribution in [3.05, 3.63) is 0 Å². The summed E-state index contributed by atoms with van der Waals surface area (Å²) in [4.78, 5) is 0. The third kappa shape index (κ3) is 0.364. The molecule has 0 aromatic heterocycles. The van der Waals surface area contributed by atoms with Crippen LogP contribution in [0.1, 0.15) is 6.42 Å². The van der Waals surface area contributed by atoms with Crippen LogP contribution in [-0.4, -0.2) is 6.17 Å². The lowest BCUT2D eigenvalue weighted by molar-refractivity contribution is 0.465. The molecule has 1 aliphatic carbocycles. The zero-order chi connectivity index (χ0) is 4.57. The minimum Gasteiger partial charge on any atom is -0.246 e. The van der Waals surface area contributed by atoms with Crippen LogP contribution >= 0.6 is 0 Å². The normalized spacial score (nSPS) is 41.3. The predicted octanol–water partition coefficient (Wildman–Crippen LogP) is 0.868. The van der Waals surface area contributed by atoms with Gasteiger partial charge in [0.25, 0.3) is 0 Å². The Morgan fingerprint density at radius 3 is 2.33 bits per heavy atom. The summed E-state index contributed by atoms with van der Waals surface area (Å²) in [6.07, 6.45) is -0.328. The molecule has 0 N–H and O–H groups in total. The SMILES string of the molecule is N#C[C@@H]1C[C@H]1F. The number of halogens is 1. The largest absolute Gasteiger partial charge is 0.246 e. The molecule has 1 rings (SSSR count). The Morgan fingerprint density at radius 1 is 1.83 bits per heavy atom. The topological polar surface area (TPSA) is 23.8 Å². The summed E-state index contributed by atoms with van der Waals surface area (Å²) in [6.45, 7) is 0. The summed E-state index contributed by atoms with van der Waals surface area (Å²) in [5.41, 5.74) is 0. The van der Waals surface area contributed by atoms with Crippen LogP contribution in [0.15, 0.2) is 0 Å². The standard InChI is InChI=1S/C4H4FN/c5-4-1-3(4)2-6/h3-4H,1H2/t3-,4+/m0/s1. The van der Waals surface area contributed by atoms with Gasteiger partial charge in [-0.05, 0) is 6.42 Å². The summed E-state index contributed by atoms with van der Waals surface area (Å²) >= 11 is 0. The van der Waals surface area contributed by atoms with Crippen LogP contribution in [0.2, 0.25) is 0 Å². The molecule has 0 amide bonds. The minimum absolute atomic E-state index is 0.259. The first-order chi connectivity index (χ1) is 2.84. The Bertz CT molecular complexity index is 94.2. The van der Waals surface area contributed by atoms with E-state index in [1.54, 1.807) is 0 Å². The summed E-state index contributed by atoms with van der Waals surface area (Å²) in [5.74, 6) is -0.259. The monoisotopic (exact) mass is 85.0 g/mol.